The Kier molecular flexibility index (Phi) is 6.64. The topological polar surface area (TPSA) is 21.3 Å². The first-order chi connectivity index (χ1) is 8.63. The van der Waals surface area contributed by atoms with Gasteiger partial charge in [0.2, 0.25) is 0 Å². The van der Waals surface area contributed by atoms with Crippen molar-refractivity contribution < 1.29 is 4.74 Å². The molecule has 0 fully saturated rings. The van der Waals surface area contributed by atoms with Gasteiger partial charge in [0.15, 0.2) is 0 Å². The highest BCUT2D eigenvalue weighted by atomic mass is 35.5. The fourth-order valence-corrected chi connectivity index (χ4v) is 1.72. The predicted octanol–water partition coefficient (Wildman–Crippen LogP) is 3.49. The summed E-state index contributed by atoms with van der Waals surface area (Å²) < 4.78 is 5.45. The molecule has 0 unspecified atom stereocenters. The normalized spacial score (nSPS) is 10.1. The first-order valence-corrected chi connectivity index (χ1v) is 6.52. The van der Waals surface area contributed by atoms with Crippen molar-refractivity contribution in [1.29, 1.82) is 0 Å². The average molecular weight is 266 g/mol. The molecule has 1 aromatic rings. The lowest BCUT2D eigenvalue weighted by Crippen LogP contribution is -2.18. The zero-order chi connectivity index (χ0) is 13.4. The summed E-state index contributed by atoms with van der Waals surface area (Å²) in [6.45, 7) is 8.36. The molecule has 1 N–H and O–H groups in total. The van der Waals surface area contributed by atoms with Crippen molar-refractivity contribution >= 4 is 11.6 Å². The van der Waals surface area contributed by atoms with E-state index in [9.17, 15) is 0 Å². The van der Waals surface area contributed by atoms with Gasteiger partial charge >= 0.3 is 0 Å². The van der Waals surface area contributed by atoms with E-state index >= 15 is 0 Å². The number of benzene rings is 1. The number of hydrogen-bond donors (Lipinski definition) is 1. The molecule has 2 nitrogen and oxygen atoms in total. The van der Waals surface area contributed by atoms with Crippen molar-refractivity contribution in [2.45, 2.75) is 27.3 Å². The van der Waals surface area contributed by atoms with E-state index in [0.717, 1.165) is 18.7 Å². The molecule has 0 bridgehead atoms. The summed E-state index contributed by atoms with van der Waals surface area (Å²) in [7, 11) is 0. The van der Waals surface area contributed by atoms with Crippen molar-refractivity contribution in [3.63, 3.8) is 0 Å². The highest BCUT2D eigenvalue weighted by Gasteiger charge is 2.03. The third-order valence-corrected chi connectivity index (χ3v) is 2.65. The van der Waals surface area contributed by atoms with Gasteiger partial charge in [-0.3, -0.25) is 0 Å². The van der Waals surface area contributed by atoms with Crippen LogP contribution in [0.2, 0.25) is 5.02 Å². The third kappa shape index (κ3) is 5.44. The Hall–Kier alpha value is -1.17. The molecule has 0 aromatic heterocycles. The van der Waals surface area contributed by atoms with Gasteiger partial charge in [0.25, 0.3) is 0 Å². The molecule has 0 amide bonds. The first kappa shape index (κ1) is 14.9. The number of nitrogens with one attached hydrogen (secondary N) is 1. The number of hydrogen-bond acceptors (Lipinski definition) is 2. The van der Waals surface area contributed by atoms with E-state index < -0.39 is 0 Å². The van der Waals surface area contributed by atoms with Crippen LogP contribution >= 0.6 is 11.6 Å². The Morgan fingerprint density at radius 2 is 2.17 bits per heavy atom. The van der Waals surface area contributed by atoms with Gasteiger partial charge in [-0.05, 0) is 37.1 Å². The molecule has 0 radical (unpaired) electrons. The van der Waals surface area contributed by atoms with Gasteiger partial charge in [-0.15, -0.1) is 5.92 Å². The van der Waals surface area contributed by atoms with E-state index in [0.29, 0.717) is 23.3 Å². The van der Waals surface area contributed by atoms with Crippen LogP contribution in [-0.2, 0) is 6.54 Å². The van der Waals surface area contributed by atoms with Crippen molar-refractivity contribution in [1.82, 2.24) is 5.32 Å². The smallest absolute Gasteiger partial charge is 0.149 e. The predicted molar refractivity (Wildman–Crippen MR) is 76.9 cm³/mol. The summed E-state index contributed by atoms with van der Waals surface area (Å²) in [6, 6.07) is 5.85. The van der Waals surface area contributed by atoms with Gasteiger partial charge in [0.05, 0.1) is 5.02 Å². The van der Waals surface area contributed by atoms with Crippen LogP contribution in [0.1, 0.15) is 26.3 Å². The fraction of sp³-hybridized carbons (Fsp3) is 0.467. The molecule has 98 valence electrons. The van der Waals surface area contributed by atoms with E-state index in [1.807, 2.05) is 18.2 Å². The Morgan fingerprint density at radius 1 is 1.39 bits per heavy atom. The highest BCUT2D eigenvalue weighted by molar-refractivity contribution is 6.32. The van der Waals surface area contributed by atoms with Gasteiger partial charge in [-0.2, -0.15) is 0 Å². The van der Waals surface area contributed by atoms with Crippen molar-refractivity contribution in [2.75, 3.05) is 13.2 Å². The fourth-order valence-electron chi connectivity index (χ4n) is 1.46. The minimum atomic E-state index is 0.376. The minimum Gasteiger partial charge on any atom is -0.479 e. The molecule has 0 aliphatic heterocycles. The van der Waals surface area contributed by atoms with Crippen LogP contribution in [0.3, 0.4) is 0 Å². The lowest BCUT2D eigenvalue weighted by atomic mass is 10.2. The molecule has 0 aliphatic carbocycles. The summed E-state index contributed by atoms with van der Waals surface area (Å²) in [4.78, 5) is 0. The molecule has 0 saturated carbocycles. The van der Waals surface area contributed by atoms with Crippen molar-refractivity contribution in [3.05, 3.63) is 28.8 Å². The lowest BCUT2D eigenvalue weighted by Gasteiger charge is -2.09. The molecule has 1 aromatic carbocycles. The molecule has 0 atom stereocenters. The van der Waals surface area contributed by atoms with Gasteiger partial charge in [0, 0.05) is 6.54 Å². The first-order valence-electron chi connectivity index (χ1n) is 6.15. The molecule has 1 rings (SSSR count). The molecule has 3 heteroatoms. The third-order valence-electron chi connectivity index (χ3n) is 2.35. The second-order valence-electron chi connectivity index (χ2n) is 4.50. The molecule has 0 aliphatic rings. The van der Waals surface area contributed by atoms with Crippen LogP contribution in [-0.4, -0.2) is 13.2 Å². The summed E-state index contributed by atoms with van der Waals surface area (Å²) in [5.74, 6) is 6.96. The van der Waals surface area contributed by atoms with E-state index in [1.165, 1.54) is 0 Å². The van der Waals surface area contributed by atoms with Crippen molar-refractivity contribution in [2.24, 2.45) is 5.92 Å². The summed E-state index contributed by atoms with van der Waals surface area (Å²) in [6.07, 6.45) is 0. The summed E-state index contributed by atoms with van der Waals surface area (Å²) >= 11 is 6.15. The van der Waals surface area contributed by atoms with Crippen LogP contribution in [0, 0.1) is 17.8 Å². The molecular formula is C15H20ClNO. The highest BCUT2D eigenvalue weighted by Crippen LogP contribution is 2.25. The Labute approximate surface area is 115 Å². The largest absolute Gasteiger partial charge is 0.479 e. The van der Waals surface area contributed by atoms with Crippen LogP contribution in [0.4, 0.5) is 0 Å². The Morgan fingerprint density at radius 3 is 2.78 bits per heavy atom. The van der Waals surface area contributed by atoms with Gasteiger partial charge in [-0.1, -0.05) is 37.4 Å². The van der Waals surface area contributed by atoms with E-state index in [-0.39, 0.29) is 0 Å². The maximum atomic E-state index is 6.15. The van der Waals surface area contributed by atoms with Gasteiger partial charge in [0.1, 0.15) is 12.4 Å². The Bertz CT molecular complexity index is 432. The number of halogens is 1. The molecular weight excluding hydrogens is 246 g/mol. The number of ether oxygens (including phenoxy) is 1. The zero-order valence-corrected chi connectivity index (χ0v) is 12.0. The van der Waals surface area contributed by atoms with E-state index in [1.54, 1.807) is 6.92 Å². The SMILES string of the molecule is CC#CCOc1ccc(CNCC(C)C)cc1Cl. The van der Waals surface area contributed by atoms with Crippen LogP contribution in [0.5, 0.6) is 5.75 Å². The maximum Gasteiger partial charge on any atom is 0.149 e. The van der Waals surface area contributed by atoms with Gasteiger partial charge < -0.3 is 10.1 Å². The summed E-state index contributed by atoms with van der Waals surface area (Å²) in [5, 5.41) is 4.01. The molecule has 0 saturated heterocycles. The van der Waals surface area contributed by atoms with Crippen LogP contribution in [0.25, 0.3) is 0 Å². The van der Waals surface area contributed by atoms with Crippen LogP contribution < -0.4 is 10.1 Å². The second-order valence-corrected chi connectivity index (χ2v) is 4.91. The molecule has 0 spiro atoms. The second kappa shape index (κ2) is 8.02. The van der Waals surface area contributed by atoms with Gasteiger partial charge in [-0.25, -0.2) is 0 Å². The van der Waals surface area contributed by atoms with E-state index in [2.05, 4.69) is 31.0 Å². The lowest BCUT2D eigenvalue weighted by molar-refractivity contribution is 0.370. The quantitative estimate of drug-likeness (QED) is 0.795. The summed E-state index contributed by atoms with van der Waals surface area (Å²) in [5.41, 5.74) is 1.16. The number of rotatable bonds is 6. The zero-order valence-electron chi connectivity index (χ0n) is 11.2. The standard InChI is InChI=1S/C15H20ClNO/c1-4-5-8-18-15-7-6-13(9-14(15)16)11-17-10-12(2)3/h6-7,9,12,17H,8,10-11H2,1-3H3. The molecule has 0 heterocycles. The molecule has 18 heavy (non-hydrogen) atoms. The van der Waals surface area contributed by atoms with E-state index in [4.69, 9.17) is 16.3 Å². The maximum absolute atomic E-state index is 6.15. The Balaban J connectivity index is 2.52. The van der Waals surface area contributed by atoms with Crippen LogP contribution in [0.15, 0.2) is 18.2 Å². The monoisotopic (exact) mass is 265 g/mol. The van der Waals surface area contributed by atoms with Crippen molar-refractivity contribution in [3.8, 4) is 17.6 Å². The average Bonchev–Trinajstić information content (AvgIpc) is 2.31. The minimum absolute atomic E-state index is 0.376.